The molecule has 0 spiro atoms. The first-order valence-electron chi connectivity index (χ1n) is 11.6. The lowest BCUT2D eigenvalue weighted by atomic mass is 10.1. The number of hydrogen-bond donors (Lipinski definition) is 1. The first kappa shape index (κ1) is 22.2. The number of hydrogen-bond acceptors (Lipinski definition) is 6. The number of nitrogens with one attached hydrogen (secondary N) is 1. The van der Waals surface area contributed by atoms with Gasteiger partial charge in [-0.2, -0.15) is 0 Å². The highest BCUT2D eigenvalue weighted by Crippen LogP contribution is 2.15. The molecule has 0 bridgehead atoms. The summed E-state index contributed by atoms with van der Waals surface area (Å²) >= 11 is 0. The van der Waals surface area contributed by atoms with E-state index in [0.717, 1.165) is 38.9 Å². The maximum absolute atomic E-state index is 13.1. The Morgan fingerprint density at radius 2 is 1.81 bits per heavy atom. The average molecular weight is 437 g/mol. The van der Waals surface area contributed by atoms with Crippen LogP contribution >= 0.6 is 0 Å². The standard InChI is InChI=1S/C24H32N6O2/c31-22(29-14-6-15-30(18-17-29)24-26-10-5-11-27-24)19-21-23(32)25-12-16-28(21)13-4-9-20-7-2-1-3-8-20/h1-3,5,7-8,10-11,21H,4,6,9,12-19H2,(H,25,32). The predicted octanol–water partition coefficient (Wildman–Crippen LogP) is 1.34. The van der Waals surface area contributed by atoms with E-state index < -0.39 is 0 Å². The van der Waals surface area contributed by atoms with Gasteiger partial charge < -0.3 is 15.1 Å². The number of aromatic nitrogens is 2. The van der Waals surface area contributed by atoms with E-state index in [2.05, 4.69) is 49.4 Å². The molecule has 4 rings (SSSR count). The van der Waals surface area contributed by atoms with Crippen molar-refractivity contribution in [2.24, 2.45) is 0 Å². The molecule has 0 aliphatic carbocycles. The van der Waals surface area contributed by atoms with E-state index in [1.165, 1.54) is 5.56 Å². The van der Waals surface area contributed by atoms with E-state index in [1.54, 1.807) is 18.5 Å². The van der Waals surface area contributed by atoms with Crippen LogP contribution in [0.5, 0.6) is 0 Å². The summed E-state index contributed by atoms with van der Waals surface area (Å²) in [6, 6.07) is 11.8. The fraction of sp³-hybridized carbons (Fsp3) is 0.500. The Hall–Kier alpha value is -3.00. The summed E-state index contributed by atoms with van der Waals surface area (Å²) in [7, 11) is 0. The van der Waals surface area contributed by atoms with Gasteiger partial charge in [0, 0.05) is 51.7 Å². The van der Waals surface area contributed by atoms with Gasteiger partial charge in [-0.05, 0) is 37.4 Å². The van der Waals surface area contributed by atoms with Crippen LogP contribution in [0.4, 0.5) is 5.95 Å². The van der Waals surface area contributed by atoms with Crippen molar-refractivity contribution in [2.75, 3.05) is 50.7 Å². The topological polar surface area (TPSA) is 81.7 Å². The number of aryl methyl sites for hydroxylation is 1. The summed E-state index contributed by atoms with van der Waals surface area (Å²) in [5, 5.41) is 2.94. The van der Waals surface area contributed by atoms with Gasteiger partial charge in [0.15, 0.2) is 0 Å². The van der Waals surface area contributed by atoms with Crippen LogP contribution in [0.2, 0.25) is 0 Å². The van der Waals surface area contributed by atoms with Gasteiger partial charge >= 0.3 is 0 Å². The van der Waals surface area contributed by atoms with Crippen molar-refractivity contribution in [1.29, 1.82) is 0 Å². The van der Waals surface area contributed by atoms with Gasteiger partial charge in [0.05, 0.1) is 12.5 Å². The third-order valence-corrected chi connectivity index (χ3v) is 6.25. The first-order chi connectivity index (χ1) is 15.7. The molecule has 0 radical (unpaired) electrons. The molecule has 1 aromatic heterocycles. The van der Waals surface area contributed by atoms with Crippen LogP contribution in [0.15, 0.2) is 48.8 Å². The van der Waals surface area contributed by atoms with Crippen LogP contribution in [0, 0.1) is 0 Å². The second-order valence-electron chi connectivity index (χ2n) is 8.41. The van der Waals surface area contributed by atoms with Crippen molar-refractivity contribution in [3.05, 3.63) is 54.4 Å². The summed E-state index contributed by atoms with van der Waals surface area (Å²) in [4.78, 5) is 40.6. The van der Waals surface area contributed by atoms with Crippen molar-refractivity contribution in [3.63, 3.8) is 0 Å². The van der Waals surface area contributed by atoms with Gasteiger partial charge in [-0.3, -0.25) is 14.5 Å². The van der Waals surface area contributed by atoms with Gasteiger partial charge in [-0.25, -0.2) is 9.97 Å². The average Bonchev–Trinajstić information content (AvgIpc) is 3.09. The van der Waals surface area contributed by atoms with E-state index in [1.807, 2.05) is 11.0 Å². The van der Waals surface area contributed by atoms with Crippen LogP contribution in [0.1, 0.15) is 24.8 Å². The van der Waals surface area contributed by atoms with Gasteiger partial charge in [-0.15, -0.1) is 0 Å². The van der Waals surface area contributed by atoms with Crippen LogP contribution in [-0.2, 0) is 16.0 Å². The lowest BCUT2D eigenvalue weighted by molar-refractivity contribution is -0.138. The highest BCUT2D eigenvalue weighted by atomic mass is 16.2. The molecule has 2 aliphatic heterocycles. The maximum atomic E-state index is 13.1. The molecule has 2 amide bonds. The van der Waals surface area contributed by atoms with Crippen molar-refractivity contribution in [1.82, 2.24) is 25.1 Å². The van der Waals surface area contributed by atoms with Gasteiger partial charge in [-0.1, -0.05) is 30.3 Å². The van der Waals surface area contributed by atoms with Gasteiger partial charge in [0.2, 0.25) is 17.8 Å². The first-order valence-corrected chi connectivity index (χ1v) is 11.6. The Kier molecular flexibility index (Phi) is 7.66. The number of carbonyl (C=O) groups is 2. The van der Waals surface area contributed by atoms with E-state index in [9.17, 15) is 9.59 Å². The van der Waals surface area contributed by atoms with Crippen molar-refractivity contribution < 1.29 is 9.59 Å². The summed E-state index contributed by atoms with van der Waals surface area (Å²) in [6.45, 7) is 5.10. The lowest BCUT2D eigenvalue weighted by Gasteiger charge is -2.35. The third kappa shape index (κ3) is 5.82. The van der Waals surface area contributed by atoms with Crippen LogP contribution in [0.25, 0.3) is 0 Å². The minimum Gasteiger partial charge on any atom is -0.353 e. The fourth-order valence-electron chi connectivity index (χ4n) is 4.50. The molecule has 2 aliphatic rings. The highest BCUT2D eigenvalue weighted by molar-refractivity contribution is 5.88. The van der Waals surface area contributed by atoms with Gasteiger partial charge in [0.1, 0.15) is 0 Å². The Morgan fingerprint density at radius 1 is 1.00 bits per heavy atom. The normalized spacial score (nSPS) is 20.0. The number of amides is 2. The SMILES string of the molecule is O=C1NCCN(CCCc2ccccc2)C1CC(=O)N1CCCN(c2ncccn2)CC1. The predicted molar refractivity (Wildman–Crippen MR) is 123 cm³/mol. The Bertz CT molecular complexity index is 879. The van der Waals surface area contributed by atoms with E-state index in [4.69, 9.17) is 0 Å². The molecule has 1 N–H and O–H groups in total. The lowest BCUT2D eigenvalue weighted by Crippen LogP contribution is -2.57. The largest absolute Gasteiger partial charge is 0.353 e. The van der Waals surface area contributed by atoms with E-state index in [-0.39, 0.29) is 24.3 Å². The zero-order valence-corrected chi connectivity index (χ0v) is 18.5. The number of piperazine rings is 1. The number of benzene rings is 1. The molecular formula is C24H32N6O2. The molecule has 0 saturated carbocycles. The number of rotatable bonds is 7. The van der Waals surface area contributed by atoms with Crippen molar-refractivity contribution in [3.8, 4) is 0 Å². The summed E-state index contributed by atoms with van der Waals surface area (Å²) in [6.07, 6.45) is 6.52. The second-order valence-corrected chi connectivity index (χ2v) is 8.41. The van der Waals surface area contributed by atoms with Crippen molar-refractivity contribution in [2.45, 2.75) is 31.7 Å². The second kappa shape index (κ2) is 11.0. The van der Waals surface area contributed by atoms with Crippen LogP contribution < -0.4 is 10.2 Å². The molecule has 8 heteroatoms. The van der Waals surface area contributed by atoms with Crippen LogP contribution in [-0.4, -0.2) is 83.4 Å². The molecule has 1 unspecified atom stereocenters. The summed E-state index contributed by atoms with van der Waals surface area (Å²) < 4.78 is 0. The summed E-state index contributed by atoms with van der Waals surface area (Å²) in [5.74, 6) is 0.729. The number of anilines is 1. The number of nitrogens with zero attached hydrogens (tertiary/aromatic N) is 5. The smallest absolute Gasteiger partial charge is 0.237 e. The van der Waals surface area contributed by atoms with E-state index >= 15 is 0 Å². The molecule has 3 heterocycles. The maximum Gasteiger partial charge on any atom is 0.237 e. The molecule has 170 valence electrons. The molecule has 2 aromatic rings. The Labute approximate surface area is 189 Å². The van der Waals surface area contributed by atoms with Gasteiger partial charge in [0.25, 0.3) is 0 Å². The molecule has 1 atom stereocenters. The Morgan fingerprint density at radius 3 is 2.62 bits per heavy atom. The molecule has 1 aromatic carbocycles. The monoisotopic (exact) mass is 436 g/mol. The highest BCUT2D eigenvalue weighted by Gasteiger charge is 2.33. The van der Waals surface area contributed by atoms with Crippen LogP contribution in [0.3, 0.4) is 0 Å². The number of carbonyl (C=O) groups excluding carboxylic acids is 2. The molecular weight excluding hydrogens is 404 g/mol. The molecule has 32 heavy (non-hydrogen) atoms. The fourth-order valence-corrected chi connectivity index (χ4v) is 4.50. The quantitative estimate of drug-likeness (QED) is 0.706. The zero-order chi connectivity index (χ0) is 22.2. The summed E-state index contributed by atoms with van der Waals surface area (Å²) in [5.41, 5.74) is 1.30. The zero-order valence-electron chi connectivity index (χ0n) is 18.5. The minimum absolute atomic E-state index is 0.0292. The third-order valence-electron chi connectivity index (χ3n) is 6.25. The Balaban J connectivity index is 1.31. The minimum atomic E-state index is -0.385. The molecule has 8 nitrogen and oxygen atoms in total. The molecule has 2 saturated heterocycles. The molecule has 2 fully saturated rings. The van der Waals surface area contributed by atoms with Crippen molar-refractivity contribution >= 4 is 17.8 Å². The van der Waals surface area contributed by atoms with E-state index in [0.29, 0.717) is 32.1 Å².